The summed E-state index contributed by atoms with van der Waals surface area (Å²) < 4.78 is 33.9. The van der Waals surface area contributed by atoms with Crippen molar-refractivity contribution in [3.8, 4) is 67.9 Å². The van der Waals surface area contributed by atoms with E-state index in [1.807, 2.05) is 66.7 Å². The molecular weight excluding hydrogens is 456 g/mol. The molecule has 4 aromatic carbocycles. The zero-order valence-electron chi connectivity index (χ0n) is 21.4. The highest BCUT2D eigenvalue weighted by atomic mass is 16.5. The van der Waals surface area contributed by atoms with Crippen LogP contribution in [-0.2, 0) is 0 Å². The maximum absolute atomic E-state index is 5.83. The molecule has 0 saturated heterocycles. The van der Waals surface area contributed by atoms with Crippen LogP contribution >= 0.6 is 0 Å². The smallest absolute Gasteiger partial charge is 0.168 e. The number of methoxy groups -OCH3 is 6. The van der Waals surface area contributed by atoms with Crippen LogP contribution in [0.2, 0.25) is 0 Å². The second-order valence-corrected chi connectivity index (χ2v) is 7.94. The van der Waals surface area contributed by atoms with Crippen molar-refractivity contribution >= 4 is 0 Å². The van der Waals surface area contributed by atoms with Gasteiger partial charge < -0.3 is 28.4 Å². The van der Waals surface area contributed by atoms with Gasteiger partial charge in [0.1, 0.15) is 23.0 Å². The van der Waals surface area contributed by atoms with E-state index in [1.165, 1.54) is 0 Å². The fourth-order valence-corrected chi connectivity index (χ4v) is 4.29. The lowest BCUT2D eigenvalue weighted by molar-refractivity contribution is 0.355. The third-order valence-electron chi connectivity index (χ3n) is 6.13. The molecule has 0 aliphatic carbocycles. The lowest BCUT2D eigenvalue weighted by Gasteiger charge is -2.19. The molecule has 0 heterocycles. The molecule has 4 aromatic rings. The van der Waals surface area contributed by atoms with Crippen molar-refractivity contribution in [3.63, 3.8) is 0 Å². The highest BCUT2D eigenvalue weighted by molar-refractivity contribution is 5.87. The van der Waals surface area contributed by atoms with Crippen LogP contribution in [0.15, 0.2) is 72.8 Å². The summed E-state index contributed by atoms with van der Waals surface area (Å²) >= 11 is 0. The Hall–Kier alpha value is -4.32. The molecule has 0 bridgehead atoms. The summed E-state index contributed by atoms with van der Waals surface area (Å²) in [7, 11) is 9.85. The minimum absolute atomic E-state index is 0.620. The summed E-state index contributed by atoms with van der Waals surface area (Å²) in [5.41, 5.74) is 5.47. The minimum Gasteiger partial charge on any atom is -0.497 e. The monoisotopic (exact) mass is 486 g/mol. The van der Waals surface area contributed by atoms with Crippen molar-refractivity contribution in [1.29, 1.82) is 0 Å². The van der Waals surface area contributed by atoms with E-state index in [-0.39, 0.29) is 0 Å². The SMILES string of the molecule is COc1ccc(-c2ccc(-c3cc(OC)c(-c4cccc(OC)c4OC)cc3OC)c(OC)c2)cc1. The van der Waals surface area contributed by atoms with E-state index in [0.717, 1.165) is 44.9 Å². The molecule has 0 spiro atoms. The second kappa shape index (κ2) is 11.0. The van der Waals surface area contributed by atoms with Crippen LogP contribution in [0.4, 0.5) is 0 Å². The van der Waals surface area contributed by atoms with Gasteiger partial charge in [-0.2, -0.15) is 0 Å². The minimum atomic E-state index is 0.620. The number of hydrogen-bond acceptors (Lipinski definition) is 6. The number of benzene rings is 4. The Labute approximate surface area is 211 Å². The van der Waals surface area contributed by atoms with Crippen LogP contribution in [0.25, 0.3) is 33.4 Å². The maximum atomic E-state index is 5.83. The third kappa shape index (κ3) is 4.62. The number of hydrogen-bond donors (Lipinski definition) is 0. The lowest BCUT2D eigenvalue weighted by atomic mass is 9.95. The van der Waals surface area contributed by atoms with E-state index in [1.54, 1.807) is 42.7 Å². The number of para-hydroxylation sites is 1. The van der Waals surface area contributed by atoms with Crippen molar-refractivity contribution in [2.75, 3.05) is 42.7 Å². The third-order valence-corrected chi connectivity index (χ3v) is 6.13. The van der Waals surface area contributed by atoms with Gasteiger partial charge in [-0.3, -0.25) is 0 Å². The second-order valence-electron chi connectivity index (χ2n) is 7.94. The van der Waals surface area contributed by atoms with Crippen LogP contribution < -0.4 is 28.4 Å². The first-order chi connectivity index (χ1) is 17.6. The molecule has 0 saturated carbocycles. The first-order valence-corrected chi connectivity index (χ1v) is 11.4. The molecule has 6 nitrogen and oxygen atoms in total. The van der Waals surface area contributed by atoms with Gasteiger partial charge in [-0.05, 0) is 53.6 Å². The summed E-state index contributed by atoms with van der Waals surface area (Å²) in [6.45, 7) is 0. The van der Waals surface area contributed by atoms with E-state index in [0.29, 0.717) is 23.0 Å². The largest absolute Gasteiger partial charge is 0.497 e. The Bertz CT molecular complexity index is 1340. The summed E-state index contributed by atoms with van der Waals surface area (Å²) in [5.74, 6) is 4.12. The zero-order chi connectivity index (χ0) is 25.7. The van der Waals surface area contributed by atoms with Gasteiger partial charge in [0.15, 0.2) is 11.5 Å². The van der Waals surface area contributed by atoms with E-state index in [9.17, 15) is 0 Å². The molecule has 0 atom stereocenters. The molecular formula is C30H30O6. The summed E-state index contributed by atoms with van der Waals surface area (Å²) in [6, 6.07) is 23.7. The number of rotatable bonds is 9. The molecule has 186 valence electrons. The highest BCUT2D eigenvalue weighted by Crippen LogP contribution is 2.47. The maximum Gasteiger partial charge on any atom is 0.168 e. The Balaban J connectivity index is 1.85. The molecule has 4 rings (SSSR count). The van der Waals surface area contributed by atoms with Gasteiger partial charge in [0, 0.05) is 22.3 Å². The van der Waals surface area contributed by atoms with E-state index in [2.05, 4.69) is 6.07 Å². The molecule has 0 fully saturated rings. The van der Waals surface area contributed by atoms with Gasteiger partial charge >= 0.3 is 0 Å². The van der Waals surface area contributed by atoms with E-state index in [4.69, 9.17) is 28.4 Å². The Morgan fingerprint density at radius 1 is 0.389 bits per heavy atom. The van der Waals surface area contributed by atoms with Crippen LogP contribution in [0.1, 0.15) is 0 Å². The predicted molar refractivity (Wildman–Crippen MR) is 142 cm³/mol. The van der Waals surface area contributed by atoms with E-state index >= 15 is 0 Å². The van der Waals surface area contributed by atoms with Gasteiger partial charge in [-0.15, -0.1) is 0 Å². The quantitative estimate of drug-likeness (QED) is 0.261. The van der Waals surface area contributed by atoms with Gasteiger partial charge in [-0.25, -0.2) is 0 Å². The molecule has 0 aromatic heterocycles. The number of ether oxygens (including phenoxy) is 6. The first kappa shape index (κ1) is 24.8. The van der Waals surface area contributed by atoms with Gasteiger partial charge in [0.25, 0.3) is 0 Å². The Kier molecular flexibility index (Phi) is 7.54. The van der Waals surface area contributed by atoms with Crippen molar-refractivity contribution in [2.24, 2.45) is 0 Å². The predicted octanol–water partition coefficient (Wildman–Crippen LogP) is 6.74. The van der Waals surface area contributed by atoms with Crippen molar-refractivity contribution < 1.29 is 28.4 Å². The summed E-state index contributed by atoms with van der Waals surface area (Å²) in [5, 5.41) is 0. The molecule has 0 radical (unpaired) electrons. The molecule has 0 aliphatic heterocycles. The van der Waals surface area contributed by atoms with Crippen LogP contribution in [0, 0.1) is 0 Å². The molecule has 0 amide bonds. The van der Waals surface area contributed by atoms with Gasteiger partial charge in [-0.1, -0.05) is 30.3 Å². The Morgan fingerprint density at radius 3 is 1.50 bits per heavy atom. The van der Waals surface area contributed by atoms with Crippen LogP contribution in [-0.4, -0.2) is 42.7 Å². The molecule has 6 heteroatoms. The molecule has 0 N–H and O–H groups in total. The highest BCUT2D eigenvalue weighted by Gasteiger charge is 2.21. The standard InChI is InChI=1S/C30H30O6/c1-31-21-13-10-19(11-14-21)20-12-15-22(27(16-20)33-3)24-17-29(35-5)25(18-28(24)34-4)23-8-7-9-26(32-2)30(23)36-6/h7-18H,1-6H3. The fraction of sp³-hybridized carbons (Fsp3) is 0.200. The fourth-order valence-electron chi connectivity index (χ4n) is 4.29. The van der Waals surface area contributed by atoms with Crippen molar-refractivity contribution in [1.82, 2.24) is 0 Å². The average molecular weight is 487 g/mol. The van der Waals surface area contributed by atoms with Crippen LogP contribution in [0.3, 0.4) is 0 Å². The van der Waals surface area contributed by atoms with E-state index < -0.39 is 0 Å². The Morgan fingerprint density at radius 2 is 0.944 bits per heavy atom. The van der Waals surface area contributed by atoms with Crippen LogP contribution in [0.5, 0.6) is 34.5 Å². The lowest BCUT2D eigenvalue weighted by Crippen LogP contribution is -1.98. The molecule has 36 heavy (non-hydrogen) atoms. The topological polar surface area (TPSA) is 55.4 Å². The normalized spacial score (nSPS) is 10.5. The molecule has 0 unspecified atom stereocenters. The zero-order valence-corrected chi connectivity index (χ0v) is 21.4. The summed E-state index contributed by atoms with van der Waals surface area (Å²) in [6.07, 6.45) is 0. The molecule has 0 aliphatic rings. The van der Waals surface area contributed by atoms with Gasteiger partial charge in [0.05, 0.1) is 42.7 Å². The van der Waals surface area contributed by atoms with Gasteiger partial charge in [0.2, 0.25) is 0 Å². The average Bonchev–Trinajstić information content (AvgIpc) is 2.95. The summed E-state index contributed by atoms with van der Waals surface area (Å²) in [4.78, 5) is 0. The first-order valence-electron chi connectivity index (χ1n) is 11.4. The van der Waals surface area contributed by atoms with Crippen molar-refractivity contribution in [3.05, 3.63) is 72.8 Å². The van der Waals surface area contributed by atoms with Crippen molar-refractivity contribution in [2.45, 2.75) is 0 Å².